The number of phenols is 1. The zero-order chi connectivity index (χ0) is 62.1. The van der Waals surface area contributed by atoms with Crippen molar-refractivity contribution in [3.63, 3.8) is 0 Å². The van der Waals surface area contributed by atoms with Crippen LogP contribution >= 0.6 is 0 Å². The summed E-state index contributed by atoms with van der Waals surface area (Å²) in [6.07, 6.45) is 6.42. The van der Waals surface area contributed by atoms with Gasteiger partial charge in [-0.15, -0.1) is 0 Å². The fourth-order valence-corrected chi connectivity index (χ4v) is 9.80. The first-order valence-corrected chi connectivity index (χ1v) is 29.6. The number of aromatic hydroxyl groups is 1. The van der Waals surface area contributed by atoms with Gasteiger partial charge >= 0.3 is 0 Å². The van der Waals surface area contributed by atoms with E-state index >= 15 is 0 Å². The number of hydrogen-bond donors (Lipinski definition) is 14. The van der Waals surface area contributed by atoms with Crippen LogP contribution < -0.4 is 71.6 Å². The Labute approximate surface area is 492 Å². The maximum absolute atomic E-state index is 14.4. The van der Waals surface area contributed by atoms with Gasteiger partial charge in [0.1, 0.15) is 48.0 Å². The molecule has 1 aromatic rings. The summed E-state index contributed by atoms with van der Waals surface area (Å²) in [6, 6.07) is -2.86. The minimum Gasteiger partial charge on any atom is -0.508 e. The standard InChI is InChI=1S/C56H95N17O11/c1-4-15-38-48(78)70-42(32-36-22-24-37(74)25-23-36)50(80)71-43(33-57)51(81)69-41(26-21-35(2)3)53(83)72(34-45(58)75)30-11-6-5-10-27-63-46(76)19-8-7-9-20-47(77)66-40(17-13-29-65-56(61)62)54(84)73-31-14-18-44(73)52(82)68-39(49(79)67-38)16-12-28-64-55(59)60/h22-25,35,38-44,74H,4-21,26-34,57H2,1-3H3,(H2,58,75)(H,63,76)(H,66,77)(H,67,79)(H,68,82)(H,69,81)(H,70,78)(H,71,80)(H4,59,60,64)(H4,61,62,65)/t38-,39-,40-,41-,42-,43-,44-/m0/s1. The van der Waals surface area contributed by atoms with Crippen molar-refractivity contribution in [3.8, 4) is 5.75 Å². The molecule has 2 fully saturated rings. The largest absolute Gasteiger partial charge is 0.508 e. The van der Waals surface area contributed by atoms with Crippen LogP contribution in [0.3, 0.4) is 0 Å². The summed E-state index contributed by atoms with van der Waals surface area (Å²) < 4.78 is 0. The summed E-state index contributed by atoms with van der Waals surface area (Å²) in [5.41, 5.74) is 34.4. The fraction of sp³-hybridized carbons (Fsp3) is 0.679. The number of hydrogen-bond acceptors (Lipinski definition) is 14. The number of phenolic OH excluding ortho intramolecular Hbond substituents is 1. The number of carbonyl (C=O) groups is 10. The Balaban J connectivity index is 2.04. The van der Waals surface area contributed by atoms with Crippen molar-refractivity contribution in [3.05, 3.63) is 29.8 Å². The lowest BCUT2D eigenvalue weighted by Crippen LogP contribution is -2.61. The maximum Gasteiger partial charge on any atom is 0.245 e. The van der Waals surface area contributed by atoms with Crippen molar-refractivity contribution in [2.24, 2.45) is 50.3 Å². The molecule has 0 aromatic heterocycles. The fourth-order valence-electron chi connectivity index (χ4n) is 9.80. The van der Waals surface area contributed by atoms with Gasteiger partial charge in [-0.2, -0.15) is 0 Å². The summed E-state index contributed by atoms with van der Waals surface area (Å²) in [5.74, 6) is -6.61. The Morgan fingerprint density at radius 2 is 1.12 bits per heavy atom. The van der Waals surface area contributed by atoms with Crippen LogP contribution in [0.5, 0.6) is 5.75 Å². The molecule has 0 bridgehead atoms. The van der Waals surface area contributed by atoms with Crippen molar-refractivity contribution in [1.29, 1.82) is 0 Å². The SMILES string of the molecule is CCC[C@@H]1NC(=O)[C@H](CCCN=C(N)N)NC(=O)[C@@H]2CCCN2C(=O)[C@H](CCCN=C(N)N)NC(=O)CCCCCC(=O)NCCCCCCN(CC(N)=O)C(=O)[C@H](CCC(C)C)NC(=O)[C@H](CN)NC(=O)[C@H](Cc2ccc(O)cc2)NC1=O. The predicted molar refractivity (Wildman–Crippen MR) is 316 cm³/mol. The van der Waals surface area contributed by atoms with Crippen LogP contribution in [0.1, 0.15) is 148 Å². The Morgan fingerprint density at radius 1 is 0.595 bits per heavy atom. The second kappa shape index (κ2) is 38.1. The van der Waals surface area contributed by atoms with E-state index in [4.69, 9.17) is 34.4 Å². The Bertz CT molecular complexity index is 2380. The molecule has 28 heteroatoms. The van der Waals surface area contributed by atoms with Gasteiger partial charge in [-0.3, -0.25) is 57.9 Å². The summed E-state index contributed by atoms with van der Waals surface area (Å²) in [4.78, 5) is 149. The Morgan fingerprint density at radius 3 is 1.73 bits per heavy atom. The average molecular weight is 1180 g/mol. The molecule has 0 saturated carbocycles. The highest BCUT2D eigenvalue weighted by molar-refractivity contribution is 5.98. The molecule has 0 radical (unpaired) electrons. The highest BCUT2D eigenvalue weighted by Crippen LogP contribution is 2.21. The summed E-state index contributed by atoms with van der Waals surface area (Å²) >= 11 is 0. The number of nitrogens with two attached hydrogens (primary N) is 6. The normalized spacial score (nSPS) is 23.4. The number of rotatable bonds is 18. The average Bonchev–Trinajstić information content (AvgIpc) is 3.81. The number of aliphatic imine (C=N–C) groups is 2. The molecule has 2 saturated heterocycles. The molecule has 2 heterocycles. The molecular formula is C56H95N17O11. The van der Waals surface area contributed by atoms with Gasteiger partial charge in [0.2, 0.25) is 59.1 Å². The van der Waals surface area contributed by atoms with Gasteiger partial charge in [0.05, 0.1) is 6.54 Å². The molecule has 20 N–H and O–H groups in total. The van der Waals surface area contributed by atoms with E-state index in [-0.39, 0.29) is 113 Å². The number of carbonyl (C=O) groups excluding carboxylic acids is 10. The third-order valence-corrected chi connectivity index (χ3v) is 14.4. The van der Waals surface area contributed by atoms with Gasteiger partial charge in [0.15, 0.2) is 11.9 Å². The molecule has 84 heavy (non-hydrogen) atoms. The molecule has 470 valence electrons. The molecule has 0 unspecified atom stereocenters. The van der Waals surface area contributed by atoms with Gasteiger partial charge in [-0.25, -0.2) is 0 Å². The monoisotopic (exact) mass is 1180 g/mol. The van der Waals surface area contributed by atoms with E-state index in [1.165, 1.54) is 34.1 Å². The van der Waals surface area contributed by atoms with Crippen LogP contribution in [0.25, 0.3) is 0 Å². The Kier molecular flexibility index (Phi) is 32.0. The summed E-state index contributed by atoms with van der Waals surface area (Å²) in [5, 5.41) is 29.4. The molecular weight excluding hydrogens is 1090 g/mol. The van der Waals surface area contributed by atoms with E-state index in [0.29, 0.717) is 82.7 Å². The van der Waals surface area contributed by atoms with Crippen molar-refractivity contribution in [2.75, 3.05) is 45.8 Å². The van der Waals surface area contributed by atoms with Gasteiger partial charge in [0.25, 0.3) is 0 Å². The van der Waals surface area contributed by atoms with Gasteiger partial charge < -0.3 is 86.5 Å². The second-order valence-electron chi connectivity index (χ2n) is 21.9. The topological polar surface area (TPSA) is 462 Å². The van der Waals surface area contributed by atoms with Crippen LogP contribution in [0.4, 0.5) is 0 Å². The highest BCUT2D eigenvalue weighted by atomic mass is 16.3. The smallest absolute Gasteiger partial charge is 0.245 e. The zero-order valence-corrected chi connectivity index (χ0v) is 49.3. The first kappa shape index (κ1) is 70.5. The molecule has 2 aliphatic rings. The first-order valence-electron chi connectivity index (χ1n) is 29.6. The van der Waals surface area contributed by atoms with Crippen molar-refractivity contribution >= 4 is 71.0 Å². The maximum atomic E-state index is 14.4. The molecule has 1 aromatic carbocycles. The van der Waals surface area contributed by atoms with Crippen LogP contribution in [0.15, 0.2) is 34.3 Å². The number of guanidine groups is 2. The minimum absolute atomic E-state index is 0.0227. The van der Waals surface area contributed by atoms with E-state index in [1.54, 1.807) is 6.92 Å². The van der Waals surface area contributed by atoms with Crippen LogP contribution in [0.2, 0.25) is 0 Å². The second-order valence-corrected chi connectivity index (χ2v) is 21.9. The van der Waals surface area contributed by atoms with E-state index in [2.05, 4.69) is 47.2 Å². The number of nitrogens with one attached hydrogen (secondary N) is 7. The number of primary amides is 1. The number of fused-ring (bicyclic) bond motifs is 1. The van der Waals surface area contributed by atoms with Crippen LogP contribution in [-0.4, -0.2) is 174 Å². The Hall–Kier alpha value is -7.78. The van der Waals surface area contributed by atoms with Crippen molar-refractivity contribution < 1.29 is 53.1 Å². The molecule has 28 nitrogen and oxygen atoms in total. The lowest BCUT2D eigenvalue weighted by Gasteiger charge is -2.30. The number of amides is 10. The molecule has 10 amide bonds. The third-order valence-electron chi connectivity index (χ3n) is 14.4. The lowest BCUT2D eigenvalue weighted by atomic mass is 10.0. The highest BCUT2D eigenvalue weighted by Gasteiger charge is 2.40. The van der Waals surface area contributed by atoms with Crippen molar-refractivity contribution in [1.82, 2.24) is 47.0 Å². The third kappa shape index (κ3) is 26.6. The number of benzene rings is 1. The predicted octanol–water partition coefficient (Wildman–Crippen LogP) is -1.91. The molecule has 0 aliphatic carbocycles. The molecule has 7 atom stereocenters. The minimum atomic E-state index is -1.44. The quantitative estimate of drug-likeness (QED) is 0.0433. The number of nitrogens with zero attached hydrogens (tertiary/aromatic N) is 4. The van der Waals surface area contributed by atoms with Gasteiger partial charge in [-0.05, 0) is 107 Å². The van der Waals surface area contributed by atoms with Gasteiger partial charge in [0, 0.05) is 58.5 Å². The van der Waals surface area contributed by atoms with Gasteiger partial charge in [-0.1, -0.05) is 58.6 Å². The van der Waals surface area contributed by atoms with E-state index < -0.39 is 109 Å². The van der Waals surface area contributed by atoms with Crippen LogP contribution in [0, 0.1) is 5.92 Å². The molecule has 0 spiro atoms. The van der Waals surface area contributed by atoms with E-state index in [9.17, 15) is 53.1 Å². The summed E-state index contributed by atoms with van der Waals surface area (Å²) in [6.45, 7) is 5.75. The first-order chi connectivity index (χ1) is 40.0. The molecule has 2 aliphatic heterocycles. The zero-order valence-electron chi connectivity index (χ0n) is 49.3. The summed E-state index contributed by atoms with van der Waals surface area (Å²) in [7, 11) is 0. The van der Waals surface area contributed by atoms with E-state index in [0.717, 1.165) is 0 Å². The van der Waals surface area contributed by atoms with Crippen LogP contribution in [-0.2, 0) is 54.4 Å². The molecule has 3 rings (SSSR count). The van der Waals surface area contributed by atoms with E-state index in [1.807, 2.05) is 13.8 Å². The van der Waals surface area contributed by atoms with Crippen molar-refractivity contribution in [2.45, 2.75) is 191 Å². The lowest BCUT2D eigenvalue weighted by molar-refractivity contribution is -0.142.